The normalized spacial score (nSPS) is 39.0. The molecule has 1 unspecified atom stereocenters. The van der Waals surface area contributed by atoms with Gasteiger partial charge >= 0.3 is 0 Å². The summed E-state index contributed by atoms with van der Waals surface area (Å²) in [6.45, 7) is 15.3. The molecule has 0 aromatic rings. The Kier molecular flexibility index (Phi) is 7.61. The fraction of sp³-hybridized carbons (Fsp3) is 0.786. The maximum Gasteiger partial charge on any atom is 0.0811 e. The van der Waals surface area contributed by atoms with Crippen LogP contribution in [0.25, 0.3) is 0 Å². The lowest BCUT2D eigenvalue weighted by Crippen LogP contribution is -2.37. The third kappa shape index (κ3) is 5.54. The molecule has 176 valence electrons. The predicted molar refractivity (Wildman–Crippen MR) is 129 cm³/mol. The monoisotopic (exact) mass is 430 g/mol. The van der Waals surface area contributed by atoms with Gasteiger partial charge in [0.25, 0.3) is 0 Å². The van der Waals surface area contributed by atoms with Gasteiger partial charge in [-0.25, -0.2) is 0 Å². The fourth-order valence-corrected chi connectivity index (χ4v) is 6.85. The topological polar surface area (TPSA) is 60.7 Å². The van der Waals surface area contributed by atoms with Crippen LogP contribution in [0.3, 0.4) is 0 Å². The minimum absolute atomic E-state index is 0.355. The summed E-state index contributed by atoms with van der Waals surface area (Å²) in [5.41, 5.74) is 3.12. The molecule has 0 aromatic heterocycles. The highest BCUT2D eigenvalue weighted by atomic mass is 16.3. The highest BCUT2D eigenvalue weighted by Crippen LogP contribution is 2.60. The number of rotatable bonds is 6. The second-order valence-electron chi connectivity index (χ2n) is 11.9. The minimum Gasteiger partial charge on any atom is -0.393 e. The maximum atomic E-state index is 10.2. The molecule has 0 amide bonds. The van der Waals surface area contributed by atoms with Crippen LogP contribution in [0.15, 0.2) is 35.5 Å². The molecule has 3 rings (SSSR count). The maximum absolute atomic E-state index is 10.2. The van der Waals surface area contributed by atoms with E-state index < -0.39 is 17.8 Å². The molecule has 3 aliphatic rings. The molecule has 3 aliphatic carbocycles. The highest BCUT2D eigenvalue weighted by molar-refractivity contribution is 5.38. The van der Waals surface area contributed by atoms with Gasteiger partial charge in [0.1, 0.15) is 0 Å². The van der Waals surface area contributed by atoms with Crippen molar-refractivity contribution in [1.82, 2.24) is 0 Å². The average molecular weight is 431 g/mol. The van der Waals surface area contributed by atoms with Crippen LogP contribution in [0.2, 0.25) is 0 Å². The van der Waals surface area contributed by atoms with E-state index in [4.69, 9.17) is 0 Å². The van der Waals surface area contributed by atoms with Crippen LogP contribution in [0, 0.1) is 29.1 Å². The number of aliphatic hydroxyl groups is 3. The second kappa shape index (κ2) is 9.53. The molecule has 0 radical (unpaired) electrons. The lowest BCUT2D eigenvalue weighted by atomic mass is 9.59. The smallest absolute Gasteiger partial charge is 0.0811 e. The summed E-state index contributed by atoms with van der Waals surface area (Å²) in [7, 11) is 0. The Bertz CT molecular complexity index is 712. The molecule has 0 aromatic carbocycles. The Morgan fingerprint density at radius 3 is 2.58 bits per heavy atom. The first-order valence-electron chi connectivity index (χ1n) is 12.6. The van der Waals surface area contributed by atoms with Gasteiger partial charge in [0.05, 0.1) is 17.8 Å². The summed E-state index contributed by atoms with van der Waals surface area (Å²) in [6.07, 6.45) is 12.6. The van der Waals surface area contributed by atoms with E-state index in [2.05, 4.69) is 39.5 Å². The molecule has 3 heteroatoms. The van der Waals surface area contributed by atoms with Gasteiger partial charge in [-0.15, -0.1) is 0 Å². The molecule has 3 saturated carbocycles. The summed E-state index contributed by atoms with van der Waals surface area (Å²) in [5, 5.41) is 30.4. The van der Waals surface area contributed by atoms with Gasteiger partial charge in [0, 0.05) is 6.42 Å². The van der Waals surface area contributed by atoms with E-state index in [0.717, 1.165) is 36.3 Å². The lowest BCUT2D eigenvalue weighted by molar-refractivity contribution is 0.0447. The fourth-order valence-electron chi connectivity index (χ4n) is 6.85. The standard InChI is InChI=1S/C28H46O3/c1-18(13-15-27(4,5)31)19(2)24-11-12-25-21(8-7-14-28(24,25)6)9-10-22-16-23(29)17-26(30)20(22)3/h9-10,18-19,23-26,29-31H,3,7-8,11-17H2,1-2,4-6H3/b21-9+,22-10-/t18-,19+,23-,24-,25+,26?,28-/m1/s1. The minimum atomic E-state index is -0.618. The zero-order chi connectivity index (χ0) is 23.0. The van der Waals surface area contributed by atoms with Crippen LogP contribution < -0.4 is 0 Å². The van der Waals surface area contributed by atoms with Crippen LogP contribution in [-0.4, -0.2) is 33.1 Å². The summed E-state index contributed by atoms with van der Waals surface area (Å²) in [5.74, 6) is 2.66. The van der Waals surface area contributed by atoms with Crippen LogP contribution in [0.4, 0.5) is 0 Å². The van der Waals surface area contributed by atoms with Crippen molar-refractivity contribution in [3.8, 4) is 0 Å². The lowest BCUT2D eigenvalue weighted by Gasteiger charge is -2.45. The third-order valence-corrected chi connectivity index (χ3v) is 9.05. The average Bonchev–Trinajstić information content (AvgIpc) is 3.04. The van der Waals surface area contributed by atoms with E-state index in [1.54, 1.807) is 5.57 Å². The first-order valence-corrected chi connectivity index (χ1v) is 12.6. The molecule has 31 heavy (non-hydrogen) atoms. The van der Waals surface area contributed by atoms with Gasteiger partial charge in [-0.2, -0.15) is 0 Å². The molecule has 0 aliphatic heterocycles. The van der Waals surface area contributed by atoms with Crippen molar-refractivity contribution in [3.05, 3.63) is 35.5 Å². The van der Waals surface area contributed by atoms with Gasteiger partial charge in [0.15, 0.2) is 0 Å². The molecule has 3 N–H and O–H groups in total. The van der Waals surface area contributed by atoms with Gasteiger partial charge in [-0.1, -0.05) is 45.1 Å². The first-order chi connectivity index (χ1) is 14.4. The van der Waals surface area contributed by atoms with Gasteiger partial charge < -0.3 is 15.3 Å². The highest BCUT2D eigenvalue weighted by Gasteiger charge is 2.51. The third-order valence-electron chi connectivity index (χ3n) is 9.05. The van der Waals surface area contributed by atoms with Crippen molar-refractivity contribution >= 4 is 0 Å². The Labute approximate surface area is 190 Å². The van der Waals surface area contributed by atoms with Gasteiger partial charge in [0.2, 0.25) is 0 Å². The quantitative estimate of drug-likeness (QED) is 0.488. The van der Waals surface area contributed by atoms with Gasteiger partial charge in [-0.3, -0.25) is 0 Å². The Hall–Kier alpha value is -0.900. The number of fused-ring (bicyclic) bond motifs is 1. The first kappa shape index (κ1) is 24.7. The molecule has 0 spiro atoms. The van der Waals surface area contributed by atoms with Crippen molar-refractivity contribution in [3.63, 3.8) is 0 Å². The Morgan fingerprint density at radius 1 is 1.19 bits per heavy atom. The van der Waals surface area contributed by atoms with Crippen LogP contribution in [0.5, 0.6) is 0 Å². The molecule has 7 atom stereocenters. The molecule has 0 bridgehead atoms. The molecule has 3 fully saturated rings. The summed E-state index contributed by atoms with van der Waals surface area (Å²) in [6, 6.07) is 0. The van der Waals surface area contributed by atoms with E-state index >= 15 is 0 Å². The number of hydrogen-bond acceptors (Lipinski definition) is 3. The Balaban J connectivity index is 1.74. The van der Waals surface area contributed by atoms with Crippen molar-refractivity contribution in [1.29, 1.82) is 0 Å². The molecule has 0 heterocycles. The number of allylic oxidation sites excluding steroid dienone is 3. The second-order valence-corrected chi connectivity index (χ2v) is 11.9. The Morgan fingerprint density at radius 2 is 1.90 bits per heavy atom. The summed E-state index contributed by atoms with van der Waals surface area (Å²) < 4.78 is 0. The van der Waals surface area contributed by atoms with E-state index in [9.17, 15) is 15.3 Å². The predicted octanol–water partition coefficient (Wildman–Crippen LogP) is 5.95. The summed E-state index contributed by atoms with van der Waals surface area (Å²) in [4.78, 5) is 0. The number of hydrogen-bond donors (Lipinski definition) is 3. The zero-order valence-electron chi connectivity index (χ0n) is 20.5. The van der Waals surface area contributed by atoms with Crippen molar-refractivity contribution in [2.45, 2.75) is 110 Å². The van der Waals surface area contributed by atoms with E-state index in [1.807, 2.05) is 13.8 Å². The van der Waals surface area contributed by atoms with E-state index in [-0.39, 0.29) is 0 Å². The molecular weight excluding hydrogens is 384 g/mol. The molecule has 0 saturated heterocycles. The van der Waals surface area contributed by atoms with E-state index in [1.165, 1.54) is 25.7 Å². The van der Waals surface area contributed by atoms with Gasteiger partial charge in [-0.05, 0) is 105 Å². The van der Waals surface area contributed by atoms with Crippen molar-refractivity contribution in [2.24, 2.45) is 29.1 Å². The molecule has 3 nitrogen and oxygen atoms in total. The largest absolute Gasteiger partial charge is 0.393 e. The van der Waals surface area contributed by atoms with Crippen LogP contribution >= 0.6 is 0 Å². The van der Waals surface area contributed by atoms with Crippen molar-refractivity contribution in [2.75, 3.05) is 0 Å². The number of aliphatic hydroxyl groups excluding tert-OH is 2. The van der Waals surface area contributed by atoms with Crippen LogP contribution in [0.1, 0.15) is 92.4 Å². The zero-order valence-corrected chi connectivity index (χ0v) is 20.5. The SMILES string of the molecule is C=C1/C(=C\C=C2/CCC[C@]3(C)[C@@H]([C@@H](C)[C@H](C)CCC(C)(C)O)CC[C@@H]23)C[C@@H](O)CC1O. The van der Waals surface area contributed by atoms with Crippen molar-refractivity contribution < 1.29 is 15.3 Å². The van der Waals surface area contributed by atoms with Crippen LogP contribution in [-0.2, 0) is 0 Å². The summed E-state index contributed by atoms with van der Waals surface area (Å²) >= 11 is 0. The van der Waals surface area contributed by atoms with E-state index in [0.29, 0.717) is 36.0 Å². The molecular formula is C28H46O3.